The van der Waals surface area contributed by atoms with E-state index in [1.54, 1.807) is 6.92 Å². The van der Waals surface area contributed by atoms with Gasteiger partial charge in [-0.3, -0.25) is 4.79 Å². The standard InChI is InChI=1S/C24H26N2O3/c1-4-28-23(27)10-7-15-29-22-14-12-19-8-5-6-9-20(19)24(22)26-25-21-13-11-17(2)16-18(21)3/h5-6,8-9,11-14,16H,4,7,10,15H2,1-3H3. The van der Waals surface area contributed by atoms with E-state index < -0.39 is 0 Å². The highest BCUT2D eigenvalue weighted by Gasteiger charge is 2.10. The molecular formula is C24H26N2O3. The zero-order valence-electron chi connectivity index (χ0n) is 17.1. The van der Waals surface area contributed by atoms with Crippen LogP contribution in [0.3, 0.4) is 0 Å². The summed E-state index contributed by atoms with van der Waals surface area (Å²) in [6.45, 7) is 6.69. The summed E-state index contributed by atoms with van der Waals surface area (Å²) >= 11 is 0. The van der Waals surface area contributed by atoms with Crippen LogP contribution in [0.25, 0.3) is 10.8 Å². The zero-order chi connectivity index (χ0) is 20.6. The Kier molecular flexibility index (Phi) is 6.95. The van der Waals surface area contributed by atoms with Gasteiger partial charge in [0.2, 0.25) is 0 Å². The maximum atomic E-state index is 11.5. The summed E-state index contributed by atoms with van der Waals surface area (Å²) in [4.78, 5) is 11.5. The number of esters is 1. The highest BCUT2D eigenvalue weighted by atomic mass is 16.5. The number of hydrogen-bond acceptors (Lipinski definition) is 5. The van der Waals surface area contributed by atoms with Gasteiger partial charge in [-0.25, -0.2) is 0 Å². The van der Waals surface area contributed by atoms with Crippen LogP contribution in [-0.4, -0.2) is 19.2 Å². The van der Waals surface area contributed by atoms with Gasteiger partial charge in [0.1, 0.15) is 11.4 Å². The Morgan fingerprint density at radius 2 is 1.83 bits per heavy atom. The summed E-state index contributed by atoms with van der Waals surface area (Å²) in [5.74, 6) is 0.449. The number of nitrogens with zero attached hydrogens (tertiary/aromatic N) is 2. The number of hydrogen-bond donors (Lipinski definition) is 0. The molecule has 3 rings (SSSR count). The van der Waals surface area contributed by atoms with E-state index in [2.05, 4.69) is 23.2 Å². The van der Waals surface area contributed by atoms with Gasteiger partial charge in [-0.05, 0) is 50.3 Å². The molecule has 0 atom stereocenters. The van der Waals surface area contributed by atoms with Crippen molar-refractivity contribution < 1.29 is 14.3 Å². The van der Waals surface area contributed by atoms with Crippen molar-refractivity contribution in [1.82, 2.24) is 0 Å². The van der Waals surface area contributed by atoms with Crippen LogP contribution in [0.5, 0.6) is 5.75 Å². The van der Waals surface area contributed by atoms with Crippen molar-refractivity contribution in [3.05, 3.63) is 65.7 Å². The van der Waals surface area contributed by atoms with E-state index >= 15 is 0 Å². The largest absolute Gasteiger partial charge is 0.491 e. The number of carbonyl (C=O) groups excluding carboxylic acids is 1. The molecule has 0 saturated heterocycles. The lowest BCUT2D eigenvalue weighted by molar-refractivity contribution is -0.143. The van der Waals surface area contributed by atoms with Gasteiger partial charge in [-0.1, -0.05) is 48.0 Å². The lowest BCUT2D eigenvalue weighted by Gasteiger charge is -2.11. The van der Waals surface area contributed by atoms with Crippen LogP contribution < -0.4 is 4.74 Å². The minimum Gasteiger partial charge on any atom is -0.491 e. The van der Waals surface area contributed by atoms with Gasteiger partial charge in [-0.2, -0.15) is 5.11 Å². The molecule has 0 fully saturated rings. The van der Waals surface area contributed by atoms with Gasteiger partial charge >= 0.3 is 5.97 Å². The molecule has 0 spiro atoms. The van der Waals surface area contributed by atoms with Crippen LogP contribution in [0.15, 0.2) is 64.8 Å². The topological polar surface area (TPSA) is 60.2 Å². The molecule has 0 amide bonds. The number of aryl methyl sites for hydroxylation is 2. The first-order valence-corrected chi connectivity index (χ1v) is 9.87. The van der Waals surface area contributed by atoms with E-state index in [1.165, 1.54) is 5.56 Å². The molecule has 3 aromatic rings. The Labute approximate surface area is 171 Å². The molecule has 0 aliphatic heterocycles. The predicted octanol–water partition coefficient (Wildman–Crippen LogP) is 6.59. The van der Waals surface area contributed by atoms with E-state index in [9.17, 15) is 4.79 Å². The number of benzene rings is 3. The summed E-state index contributed by atoms with van der Waals surface area (Å²) in [5, 5.41) is 11.1. The monoisotopic (exact) mass is 390 g/mol. The second kappa shape index (κ2) is 9.82. The summed E-state index contributed by atoms with van der Waals surface area (Å²) < 4.78 is 10.9. The van der Waals surface area contributed by atoms with Gasteiger partial charge in [-0.15, -0.1) is 5.11 Å². The Balaban J connectivity index is 1.84. The van der Waals surface area contributed by atoms with Gasteiger partial charge in [0.05, 0.1) is 18.9 Å². The molecule has 0 aliphatic carbocycles. The number of fused-ring (bicyclic) bond motifs is 1. The fourth-order valence-electron chi connectivity index (χ4n) is 3.11. The number of carbonyl (C=O) groups is 1. The smallest absolute Gasteiger partial charge is 0.305 e. The quantitative estimate of drug-likeness (QED) is 0.247. The molecule has 3 aromatic carbocycles. The first-order chi connectivity index (χ1) is 14.1. The lowest BCUT2D eigenvalue weighted by Crippen LogP contribution is -2.06. The molecule has 0 aromatic heterocycles. The van der Waals surface area contributed by atoms with Crippen molar-refractivity contribution in [1.29, 1.82) is 0 Å². The van der Waals surface area contributed by atoms with Gasteiger partial charge in [0.25, 0.3) is 0 Å². The van der Waals surface area contributed by atoms with Crippen molar-refractivity contribution in [3.8, 4) is 5.75 Å². The van der Waals surface area contributed by atoms with Crippen molar-refractivity contribution in [2.75, 3.05) is 13.2 Å². The third-order valence-corrected chi connectivity index (χ3v) is 4.56. The molecule has 29 heavy (non-hydrogen) atoms. The van der Waals surface area contributed by atoms with Crippen molar-refractivity contribution >= 4 is 28.1 Å². The minimum atomic E-state index is -0.204. The van der Waals surface area contributed by atoms with E-state index in [0.717, 1.165) is 22.0 Å². The van der Waals surface area contributed by atoms with Crippen molar-refractivity contribution in [3.63, 3.8) is 0 Å². The molecule has 0 aliphatic rings. The Bertz CT molecular complexity index is 1030. The summed E-state index contributed by atoms with van der Waals surface area (Å²) in [5.41, 5.74) is 3.79. The maximum Gasteiger partial charge on any atom is 0.305 e. The predicted molar refractivity (Wildman–Crippen MR) is 115 cm³/mol. The normalized spacial score (nSPS) is 11.1. The van der Waals surface area contributed by atoms with Crippen molar-refractivity contribution in [2.45, 2.75) is 33.6 Å². The average Bonchev–Trinajstić information content (AvgIpc) is 2.71. The van der Waals surface area contributed by atoms with Gasteiger partial charge in [0.15, 0.2) is 0 Å². The Morgan fingerprint density at radius 1 is 1.00 bits per heavy atom. The van der Waals surface area contributed by atoms with E-state index in [-0.39, 0.29) is 5.97 Å². The number of azo groups is 1. The first kappa shape index (κ1) is 20.5. The maximum absolute atomic E-state index is 11.5. The molecule has 0 heterocycles. The first-order valence-electron chi connectivity index (χ1n) is 9.87. The molecule has 5 nitrogen and oxygen atoms in total. The van der Waals surface area contributed by atoms with Crippen LogP contribution in [0.4, 0.5) is 11.4 Å². The average molecular weight is 390 g/mol. The highest BCUT2D eigenvalue weighted by Crippen LogP contribution is 2.37. The van der Waals surface area contributed by atoms with E-state index in [4.69, 9.17) is 9.47 Å². The third kappa shape index (κ3) is 5.41. The van der Waals surface area contributed by atoms with Crippen molar-refractivity contribution in [2.24, 2.45) is 10.2 Å². The SMILES string of the molecule is CCOC(=O)CCCOc1ccc2ccccc2c1N=Nc1ccc(C)cc1C. The summed E-state index contributed by atoms with van der Waals surface area (Å²) in [6, 6.07) is 18.0. The Hall–Kier alpha value is -3.21. The third-order valence-electron chi connectivity index (χ3n) is 4.56. The molecule has 0 radical (unpaired) electrons. The van der Waals surface area contributed by atoms with Crippen LogP contribution in [-0.2, 0) is 9.53 Å². The molecule has 0 N–H and O–H groups in total. The Morgan fingerprint density at radius 3 is 2.62 bits per heavy atom. The van der Waals surface area contributed by atoms with Crippen LogP contribution >= 0.6 is 0 Å². The summed E-state index contributed by atoms with van der Waals surface area (Å²) in [6.07, 6.45) is 0.917. The molecule has 0 unspecified atom stereocenters. The lowest BCUT2D eigenvalue weighted by atomic mass is 10.1. The fraction of sp³-hybridized carbons (Fsp3) is 0.292. The van der Waals surface area contributed by atoms with E-state index in [0.29, 0.717) is 37.5 Å². The molecule has 0 bridgehead atoms. The van der Waals surface area contributed by atoms with Gasteiger partial charge in [0, 0.05) is 11.8 Å². The minimum absolute atomic E-state index is 0.204. The van der Waals surface area contributed by atoms with Gasteiger partial charge < -0.3 is 9.47 Å². The summed E-state index contributed by atoms with van der Waals surface area (Å²) in [7, 11) is 0. The van der Waals surface area contributed by atoms with E-state index in [1.807, 2.05) is 55.5 Å². The fourth-order valence-corrected chi connectivity index (χ4v) is 3.11. The second-order valence-electron chi connectivity index (χ2n) is 6.88. The van der Waals surface area contributed by atoms with Crippen LogP contribution in [0, 0.1) is 13.8 Å². The second-order valence-corrected chi connectivity index (χ2v) is 6.88. The highest BCUT2D eigenvalue weighted by molar-refractivity contribution is 5.95. The van der Waals surface area contributed by atoms with Crippen LogP contribution in [0.2, 0.25) is 0 Å². The number of rotatable bonds is 8. The molecule has 0 saturated carbocycles. The number of ether oxygens (including phenoxy) is 2. The zero-order valence-corrected chi connectivity index (χ0v) is 17.1. The molecule has 150 valence electrons. The molecular weight excluding hydrogens is 364 g/mol. The van der Waals surface area contributed by atoms with Crippen LogP contribution in [0.1, 0.15) is 30.9 Å². The molecule has 5 heteroatoms.